The van der Waals surface area contributed by atoms with Gasteiger partial charge in [0.1, 0.15) is 6.54 Å². The number of carbonyl (C=O) groups excluding carboxylic acids is 1. The molecule has 0 spiro atoms. The zero-order valence-corrected chi connectivity index (χ0v) is 12.8. The standard InChI is InChI=1S/C17H18N2O4/c1-2-23-17(22)16-14(18-11-15(20)21)9-13(10-19-16)8-12-6-4-3-5-7-12/h3-7,9-10,18H,2,8,11H2,1H3,(H,20,21). The van der Waals surface area contributed by atoms with E-state index in [-0.39, 0.29) is 18.8 Å². The Hall–Kier alpha value is -2.89. The molecule has 0 saturated heterocycles. The highest BCUT2D eigenvalue weighted by molar-refractivity contribution is 5.94. The van der Waals surface area contributed by atoms with Crippen LogP contribution in [0.3, 0.4) is 0 Å². The maximum absolute atomic E-state index is 11.9. The monoisotopic (exact) mass is 314 g/mol. The van der Waals surface area contributed by atoms with Gasteiger partial charge in [0.2, 0.25) is 0 Å². The van der Waals surface area contributed by atoms with Crippen molar-refractivity contribution in [2.75, 3.05) is 18.5 Å². The molecule has 1 aromatic carbocycles. The first-order valence-corrected chi connectivity index (χ1v) is 7.25. The minimum Gasteiger partial charge on any atom is -0.480 e. The van der Waals surface area contributed by atoms with Gasteiger partial charge in [-0.15, -0.1) is 0 Å². The van der Waals surface area contributed by atoms with Crippen LogP contribution < -0.4 is 5.32 Å². The Labute approximate surface area is 134 Å². The van der Waals surface area contributed by atoms with Gasteiger partial charge in [-0.25, -0.2) is 9.78 Å². The van der Waals surface area contributed by atoms with Gasteiger partial charge in [-0.2, -0.15) is 0 Å². The van der Waals surface area contributed by atoms with Crippen LogP contribution in [0, 0.1) is 0 Å². The van der Waals surface area contributed by atoms with Gasteiger partial charge in [-0.1, -0.05) is 30.3 Å². The number of nitrogens with zero attached hydrogens (tertiary/aromatic N) is 1. The van der Waals surface area contributed by atoms with Crippen LogP contribution in [0.5, 0.6) is 0 Å². The summed E-state index contributed by atoms with van der Waals surface area (Å²) in [6.45, 7) is 1.62. The Morgan fingerprint density at radius 1 is 1.22 bits per heavy atom. The number of nitrogens with one attached hydrogen (secondary N) is 1. The van der Waals surface area contributed by atoms with E-state index in [1.807, 2.05) is 30.3 Å². The SMILES string of the molecule is CCOC(=O)c1ncc(Cc2ccccc2)cc1NCC(=O)O. The zero-order chi connectivity index (χ0) is 16.7. The van der Waals surface area contributed by atoms with Crippen LogP contribution >= 0.6 is 0 Å². The van der Waals surface area contributed by atoms with E-state index in [9.17, 15) is 9.59 Å². The van der Waals surface area contributed by atoms with E-state index in [0.29, 0.717) is 12.1 Å². The minimum atomic E-state index is -1.02. The van der Waals surface area contributed by atoms with Gasteiger partial charge in [-0.3, -0.25) is 4.79 Å². The van der Waals surface area contributed by atoms with Gasteiger partial charge < -0.3 is 15.2 Å². The summed E-state index contributed by atoms with van der Waals surface area (Å²) in [4.78, 5) is 26.8. The summed E-state index contributed by atoms with van der Waals surface area (Å²) >= 11 is 0. The van der Waals surface area contributed by atoms with E-state index in [1.54, 1.807) is 19.2 Å². The number of esters is 1. The van der Waals surface area contributed by atoms with Crippen LogP contribution in [0.1, 0.15) is 28.5 Å². The fourth-order valence-corrected chi connectivity index (χ4v) is 2.10. The highest BCUT2D eigenvalue weighted by atomic mass is 16.5. The largest absolute Gasteiger partial charge is 0.480 e. The van der Waals surface area contributed by atoms with E-state index in [0.717, 1.165) is 11.1 Å². The number of carboxylic acid groups (broad SMARTS) is 1. The van der Waals surface area contributed by atoms with Gasteiger partial charge in [0, 0.05) is 6.20 Å². The first-order chi connectivity index (χ1) is 11.1. The molecule has 2 rings (SSSR count). The topological polar surface area (TPSA) is 88.5 Å². The molecule has 1 aromatic heterocycles. The molecule has 0 unspecified atom stereocenters. The Balaban J connectivity index is 2.26. The zero-order valence-electron chi connectivity index (χ0n) is 12.8. The van der Waals surface area contributed by atoms with Crippen LogP contribution in [-0.2, 0) is 16.0 Å². The predicted molar refractivity (Wildman–Crippen MR) is 85.6 cm³/mol. The number of benzene rings is 1. The fourth-order valence-electron chi connectivity index (χ4n) is 2.10. The fraction of sp³-hybridized carbons (Fsp3) is 0.235. The van der Waals surface area contributed by atoms with Gasteiger partial charge in [0.15, 0.2) is 5.69 Å². The van der Waals surface area contributed by atoms with E-state index >= 15 is 0 Å². The molecule has 0 aliphatic carbocycles. The van der Waals surface area contributed by atoms with E-state index in [1.165, 1.54) is 0 Å². The molecular formula is C17H18N2O4. The summed E-state index contributed by atoms with van der Waals surface area (Å²) in [7, 11) is 0. The molecule has 0 aliphatic heterocycles. The molecular weight excluding hydrogens is 296 g/mol. The number of carbonyl (C=O) groups is 2. The van der Waals surface area contributed by atoms with Crippen molar-refractivity contribution in [2.24, 2.45) is 0 Å². The van der Waals surface area contributed by atoms with Crippen LogP contribution in [0.15, 0.2) is 42.6 Å². The van der Waals surface area contributed by atoms with Crippen molar-refractivity contribution in [2.45, 2.75) is 13.3 Å². The molecule has 0 aliphatic rings. The third-order valence-electron chi connectivity index (χ3n) is 3.09. The van der Waals surface area contributed by atoms with Crippen molar-refractivity contribution in [3.8, 4) is 0 Å². The summed E-state index contributed by atoms with van der Waals surface area (Å²) in [6.07, 6.45) is 2.24. The average molecular weight is 314 g/mol. The summed E-state index contributed by atoms with van der Waals surface area (Å²) in [5.74, 6) is -1.60. The Morgan fingerprint density at radius 2 is 1.96 bits per heavy atom. The molecule has 0 amide bonds. The molecule has 6 nitrogen and oxygen atoms in total. The van der Waals surface area contributed by atoms with Crippen molar-refractivity contribution >= 4 is 17.6 Å². The lowest BCUT2D eigenvalue weighted by atomic mass is 10.1. The number of aromatic nitrogens is 1. The van der Waals surface area contributed by atoms with Crippen LogP contribution in [0.2, 0.25) is 0 Å². The smallest absolute Gasteiger partial charge is 0.359 e. The summed E-state index contributed by atoms with van der Waals surface area (Å²) < 4.78 is 4.94. The number of rotatable bonds is 7. The lowest BCUT2D eigenvalue weighted by Gasteiger charge is -2.11. The molecule has 2 N–H and O–H groups in total. The highest BCUT2D eigenvalue weighted by Gasteiger charge is 2.16. The first-order valence-electron chi connectivity index (χ1n) is 7.25. The van der Waals surface area contributed by atoms with Crippen molar-refractivity contribution < 1.29 is 19.4 Å². The van der Waals surface area contributed by atoms with Crippen molar-refractivity contribution in [3.63, 3.8) is 0 Å². The highest BCUT2D eigenvalue weighted by Crippen LogP contribution is 2.18. The Kier molecular flexibility index (Phi) is 5.68. The van der Waals surface area contributed by atoms with Gasteiger partial charge in [0.25, 0.3) is 0 Å². The molecule has 6 heteroatoms. The number of hydrogen-bond acceptors (Lipinski definition) is 5. The van der Waals surface area contributed by atoms with E-state index in [2.05, 4.69) is 10.3 Å². The lowest BCUT2D eigenvalue weighted by molar-refractivity contribution is -0.134. The summed E-state index contributed by atoms with van der Waals surface area (Å²) in [5, 5.41) is 11.5. The average Bonchev–Trinajstić information content (AvgIpc) is 2.54. The first kappa shape index (κ1) is 16.5. The molecule has 23 heavy (non-hydrogen) atoms. The number of pyridine rings is 1. The molecule has 0 atom stereocenters. The van der Waals surface area contributed by atoms with E-state index in [4.69, 9.17) is 9.84 Å². The molecule has 0 bridgehead atoms. The predicted octanol–water partition coefficient (Wildman–Crippen LogP) is 2.35. The minimum absolute atomic E-state index is 0.0879. The van der Waals surface area contributed by atoms with Crippen molar-refractivity contribution in [1.82, 2.24) is 4.98 Å². The van der Waals surface area contributed by atoms with Crippen LogP contribution in [0.25, 0.3) is 0 Å². The van der Waals surface area contributed by atoms with Gasteiger partial charge in [0.05, 0.1) is 12.3 Å². The summed E-state index contributed by atoms with van der Waals surface area (Å²) in [6, 6.07) is 11.5. The maximum Gasteiger partial charge on any atom is 0.359 e. The third kappa shape index (κ3) is 4.81. The van der Waals surface area contributed by atoms with Crippen molar-refractivity contribution in [1.29, 1.82) is 0 Å². The van der Waals surface area contributed by atoms with E-state index < -0.39 is 11.9 Å². The quantitative estimate of drug-likeness (QED) is 0.763. The maximum atomic E-state index is 11.9. The number of carboxylic acids is 1. The molecule has 0 saturated carbocycles. The second kappa shape index (κ2) is 7.93. The molecule has 2 aromatic rings. The molecule has 0 radical (unpaired) electrons. The molecule has 0 fully saturated rings. The number of aliphatic carboxylic acids is 1. The third-order valence-corrected chi connectivity index (χ3v) is 3.09. The Bertz CT molecular complexity index is 686. The van der Waals surface area contributed by atoms with Gasteiger partial charge in [-0.05, 0) is 30.5 Å². The normalized spacial score (nSPS) is 10.1. The summed E-state index contributed by atoms with van der Waals surface area (Å²) in [5.41, 5.74) is 2.42. The number of hydrogen-bond donors (Lipinski definition) is 2. The van der Waals surface area contributed by atoms with Gasteiger partial charge >= 0.3 is 11.9 Å². The molecule has 120 valence electrons. The Morgan fingerprint density at radius 3 is 2.61 bits per heavy atom. The number of ether oxygens (including phenoxy) is 1. The lowest BCUT2D eigenvalue weighted by Crippen LogP contribution is -2.17. The second-order valence-corrected chi connectivity index (χ2v) is 4.87. The number of anilines is 1. The second-order valence-electron chi connectivity index (χ2n) is 4.87. The van der Waals surface area contributed by atoms with Crippen LogP contribution in [0.4, 0.5) is 5.69 Å². The van der Waals surface area contributed by atoms with Crippen molar-refractivity contribution in [3.05, 3.63) is 59.4 Å². The molecule has 1 heterocycles. The van der Waals surface area contributed by atoms with Crippen LogP contribution in [-0.4, -0.2) is 35.2 Å².